The monoisotopic (exact) mass is 351 g/mol. The van der Waals surface area contributed by atoms with Crippen LogP contribution in [-0.4, -0.2) is 30.8 Å². The lowest BCUT2D eigenvalue weighted by atomic mass is 9.93. The molecule has 1 rings (SSSR count). The number of para-hydroxylation sites is 1. The third kappa shape index (κ3) is 9.45. The lowest BCUT2D eigenvalue weighted by Gasteiger charge is -2.18. The maximum atomic E-state index is 11.8. The molecule has 6 heteroatoms. The lowest BCUT2D eigenvalue weighted by Crippen LogP contribution is -2.32. The van der Waals surface area contributed by atoms with Crippen molar-refractivity contribution in [2.75, 3.05) is 24.2 Å². The summed E-state index contributed by atoms with van der Waals surface area (Å²) in [6, 6.07) is 9.23. The Kier molecular flexibility index (Phi) is 10.00. The molecule has 3 amide bonds. The highest BCUT2D eigenvalue weighted by Crippen LogP contribution is 2.16. The molecule has 134 valence electrons. The van der Waals surface area contributed by atoms with Crippen LogP contribution in [0.25, 0.3) is 0 Å². The summed E-state index contributed by atoms with van der Waals surface area (Å²) in [5.41, 5.74) is 0.791. The van der Waals surface area contributed by atoms with Gasteiger partial charge in [-0.25, -0.2) is 4.79 Å². The second-order valence-electron chi connectivity index (χ2n) is 6.30. The lowest BCUT2D eigenvalue weighted by molar-refractivity contribution is -0.118. The Bertz CT molecular complexity index is 496. The zero-order valence-electron chi connectivity index (χ0n) is 14.5. The Morgan fingerprint density at radius 3 is 2.46 bits per heavy atom. The molecule has 2 unspecified atom stereocenters. The van der Waals surface area contributed by atoms with E-state index in [-0.39, 0.29) is 17.7 Å². The fourth-order valence-corrected chi connectivity index (χ4v) is 2.70. The molecule has 0 aromatic heterocycles. The van der Waals surface area contributed by atoms with Gasteiger partial charge in [0.25, 0.3) is 0 Å². The molecule has 0 saturated carbocycles. The Hall–Kier alpha value is -1.69. The topological polar surface area (TPSA) is 70.2 Å². The first-order valence-corrected chi connectivity index (χ1v) is 9.12. The number of anilines is 1. The number of hydrogen-bond acceptors (Lipinski definition) is 3. The molecule has 0 aliphatic heterocycles. The summed E-state index contributed by atoms with van der Waals surface area (Å²) in [4.78, 5) is 22.9. The summed E-state index contributed by atoms with van der Waals surface area (Å²) in [7, 11) is 0. The maximum Gasteiger partial charge on any atom is 0.319 e. The van der Waals surface area contributed by atoms with Crippen molar-refractivity contribution in [1.29, 1.82) is 0 Å². The van der Waals surface area contributed by atoms with Gasteiger partial charge in [0.1, 0.15) is 0 Å². The number of carbonyl (C=O) groups excluding carboxylic acids is 2. The minimum Gasteiger partial charge on any atom is -0.355 e. The quantitative estimate of drug-likeness (QED) is 0.386. The number of carbonyl (C=O) groups is 2. The summed E-state index contributed by atoms with van der Waals surface area (Å²) in [6.07, 6.45) is 3.08. The molecule has 0 fully saturated rings. The standard InChI is InChI=1S/C18H29N3O2S/c1-14(7-6-10-19-17(22)13-24)11-15(2)12-20-18(23)21-16-8-4-3-5-9-16/h3-5,8-9,14-15,24H,6-7,10-13H2,1-2H3,(H,19,22)(H2,20,21,23). The van der Waals surface area contributed by atoms with Gasteiger partial charge in [-0.15, -0.1) is 0 Å². The Morgan fingerprint density at radius 1 is 1.08 bits per heavy atom. The van der Waals surface area contributed by atoms with Crippen molar-refractivity contribution in [3.05, 3.63) is 30.3 Å². The number of thiol groups is 1. The molecule has 3 N–H and O–H groups in total. The predicted octanol–water partition coefficient (Wildman–Crippen LogP) is 3.30. The average molecular weight is 352 g/mol. The molecule has 0 saturated heterocycles. The molecule has 0 bridgehead atoms. The van der Waals surface area contributed by atoms with Crippen LogP contribution in [0.3, 0.4) is 0 Å². The van der Waals surface area contributed by atoms with Crippen LogP contribution in [0.5, 0.6) is 0 Å². The van der Waals surface area contributed by atoms with E-state index in [0.29, 0.717) is 24.9 Å². The zero-order chi connectivity index (χ0) is 17.8. The van der Waals surface area contributed by atoms with Gasteiger partial charge < -0.3 is 16.0 Å². The van der Waals surface area contributed by atoms with Crippen LogP contribution >= 0.6 is 12.6 Å². The highest BCUT2D eigenvalue weighted by Gasteiger charge is 2.10. The van der Waals surface area contributed by atoms with Crippen molar-refractivity contribution in [1.82, 2.24) is 10.6 Å². The molecular formula is C18H29N3O2S. The fourth-order valence-electron chi connectivity index (χ4n) is 2.59. The highest BCUT2D eigenvalue weighted by molar-refractivity contribution is 7.81. The predicted molar refractivity (Wildman–Crippen MR) is 103 cm³/mol. The molecule has 0 aliphatic rings. The summed E-state index contributed by atoms with van der Waals surface area (Å²) < 4.78 is 0. The van der Waals surface area contributed by atoms with E-state index in [1.807, 2.05) is 30.3 Å². The van der Waals surface area contributed by atoms with E-state index in [9.17, 15) is 9.59 Å². The molecule has 0 heterocycles. The van der Waals surface area contributed by atoms with Gasteiger partial charge in [-0.3, -0.25) is 4.79 Å². The van der Waals surface area contributed by atoms with Gasteiger partial charge in [0, 0.05) is 18.8 Å². The van der Waals surface area contributed by atoms with Gasteiger partial charge in [-0.1, -0.05) is 32.0 Å². The molecule has 2 atom stereocenters. The molecular weight excluding hydrogens is 322 g/mol. The molecule has 5 nitrogen and oxygen atoms in total. The van der Waals surface area contributed by atoms with Crippen molar-refractivity contribution >= 4 is 30.3 Å². The smallest absolute Gasteiger partial charge is 0.319 e. The number of benzene rings is 1. The Labute approximate surface area is 150 Å². The maximum absolute atomic E-state index is 11.8. The second kappa shape index (κ2) is 11.8. The van der Waals surface area contributed by atoms with Crippen LogP contribution in [0.15, 0.2) is 30.3 Å². The summed E-state index contributed by atoms with van der Waals surface area (Å²) in [6.45, 7) is 5.71. The second-order valence-corrected chi connectivity index (χ2v) is 6.61. The Balaban J connectivity index is 2.12. The molecule has 0 aliphatic carbocycles. The van der Waals surface area contributed by atoms with Crippen LogP contribution in [-0.2, 0) is 4.79 Å². The molecule has 1 aromatic rings. The minimum atomic E-state index is -0.171. The molecule has 0 spiro atoms. The number of amides is 3. The SMILES string of the molecule is CC(CCCNC(=O)CS)CC(C)CNC(=O)Nc1ccccc1. The van der Waals surface area contributed by atoms with E-state index >= 15 is 0 Å². The molecule has 1 aromatic carbocycles. The van der Waals surface area contributed by atoms with Crippen molar-refractivity contribution in [3.8, 4) is 0 Å². The normalized spacial score (nSPS) is 13.0. The van der Waals surface area contributed by atoms with E-state index in [1.165, 1.54) is 0 Å². The first kappa shape index (κ1) is 20.4. The molecule has 24 heavy (non-hydrogen) atoms. The first-order valence-electron chi connectivity index (χ1n) is 8.48. The minimum absolute atomic E-state index is 0.0204. The summed E-state index contributed by atoms with van der Waals surface area (Å²) in [5.74, 6) is 1.19. The van der Waals surface area contributed by atoms with Crippen molar-refractivity contribution in [2.45, 2.75) is 33.1 Å². The van der Waals surface area contributed by atoms with E-state index in [1.54, 1.807) is 0 Å². The largest absolute Gasteiger partial charge is 0.355 e. The van der Waals surface area contributed by atoms with Crippen LogP contribution < -0.4 is 16.0 Å². The molecule has 0 radical (unpaired) electrons. The first-order chi connectivity index (χ1) is 11.5. The van der Waals surface area contributed by atoms with Gasteiger partial charge in [-0.05, 0) is 43.2 Å². The van der Waals surface area contributed by atoms with Crippen LogP contribution in [0.4, 0.5) is 10.5 Å². The average Bonchev–Trinajstić information content (AvgIpc) is 2.57. The summed E-state index contributed by atoms with van der Waals surface area (Å²) in [5, 5.41) is 8.55. The van der Waals surface area contributed by atoms with Crippen LogP contribution in [0.1, 0.15) is 33.1 Å². The Morgan fingerprint density at radius 2 is 1.79 bits per heavy atom. The number of urea groups is 1. The highest BCUT2D eigenvalue weighted by atomic mass is 32.1. The van der Waals surface area contributed by atoms with Crippen LogP contribution in [0.2, 0.25) is 0 Å². The van der Waals surface area contributed by atoms with Gasteiger partial charge >= 0.3 is 6.03 Å². The number of hydrogen-bond donors (Lipinski definition) is 4. The van der Waals surface area contributed by atoms with E-state index in [2.05, 4.69) is 42.4 Å². The third-order valence-corrected chi connectivity index (χ3v) is 4.07. The van der Waals surface area contributed by atoms with Crippen molar-refractivity contribution < 1.29 is 9.59 Å². The van der Waals surface area contributed by atoms with Gasteiger partial charge in [0.15, 0.2) is 0 Å². The number of rotatable bonds is 10. The van der Waals surface area contributed by atoms with Crippen molar-refractivity contribution in [2.24, 2.45) is 11.8 Å². The summed E-state index contributed by atoms with van der Waals surface area (Å²) >= 11 is 3.92. The van der Waals surface area contributed by atoms with E-state index in [0.717, 1.165) is 24.9 Å². The van der Waals surface area contributed by atoms with E-state index in [4.69, 9.17) is 0 Å². The van der Waals surface area contributed by atoms with Gasteiger partial charge in [0.05, 0.1) is 5.75 Å². The van der Waals surface area contributed by atoms with E-state index < -0.39 is 0 Å². The fraction of sp³-hybridized carbons (Fsp3) is 0.556. The van der Waals surface area contributed by atoms with Gasteiger partial charge in [-0.2, -0.15) is 12.6 Å². The number of nitrogens with one attached hydrogen (secondary N) is 3. The van der Waals surface area contributed by atoms with Crippen molar-refractivity contribution in [3.63, 3.8) is 0 Å². The zero-order valence-corrected chi connectivity index (χ0v) is 15.4. The van der Waals surface area contributed by atoms with Crippen LogP contribution in [0, 0.1) is 11.8 Å². The van der Waals surface area contributed by atoms with Gasteiger partial charge in [0.2, 0.25) is 5.91 Å². The third-order valence-electron chi connectivity index (χ3n) is 3.79.